The van der Waals surface area contributed by atoms with E-state index >= 15 is 0 Å². The van der Waals surface area contributed by atoms with Gasteiger partial charge < -0.3 is 29.6 Å². The van der Waals surface area contributed by atoms with Crippen LogP contribution in [0, 0.1) is 24.7 Å². The fourth-order valence-corrected chi connectivity index (χ4v) is 9.99. The lowest BCUT2D eigenvalue weighted by Gasteiger charge is -2.29. The molecule has 3 aliphatic rings. The number of rotatable bonds is 13. The largest absolute Gasteiger partial charge is 0.507 e. The lowest BCUT2D eigenvalue weighted by atomic mass is 9.91. The summed E-state index contributed by atoms with van der Waals surface area (Å²) in [5.41, 5.74) is 8.30. The highest BCUT2D eigenvalue weighted by molar-refractivity contribution is 7.13. The molecule has 6 aromatic rings. The van der Waals surface area contributed by atoms with Gasteiger partial charge in [0.05, 0.1) is 27.8 Å². The van der Waals surface area contributed by atoms with Crippen molar-refractivity contribution in [1.82, 2.24) is 40.4 Å². The van der Waals surface area contributed by atoms with Crippen molar-refractivity contribution in [1.29, 1.82) is 0 Å². The first-order valence-electron chi connectivity index (χ1n) is 20.2. The van der Waals surface area contributed by atoms with Crippen LogP contribution in [0.2, 0.25) is 0 Å². The number of aromatic amines is 1. The van der Waals surface area contributed by atoms with E-state index in [1.807, 2.05) is 63.5 Å². The molecule has 2 saturated heterocycles. The fraction of sp³-hybridized carbons (Fsp3) is 0.409. The molecule has 58 heavy (non-hydrogen) atoms. The second-order valence-electron chi connectivity index (χ2n) is 16.3. The number of piperidine rings is 1. The summed E-state index contributed by atoms with van der Waals surface area (Å²) in [6, 6.07) is 18.4. The molecule has 1 saturated carbocycles. The second-order valence-corrected chi connectivity index (χ2v) is 17.2. The van der Waals surface area contributed by atoms with Crippen LogP contribution >= 0.6 is 11.3 Å². The van der Waals surface area contributed by atoms with Crippen molar-refractivity contribution >= 4 is 34.2 Å². The Hall–Kier alpha value is -5.60. The number of hydrogen-bond acceptors (Lipinski definition) is 11. The van der Waals surface area contributed by atoms with Crippen molar-refractivity contribution in [2.75, 3.05) is 32.8 Å². The van der Waals surface area contributed by atoms with E-state index in [0.717, 1.165) is 58.8 Å². The summed E-state index contributed by atoms with van der Waals surface area (Å²) in [4.78, 5) is 40.7. The Kier molecular flexibility index (Phi) is 10.2. The molecule has 13 nitrogen and oxygen atoms in total. The summed E-state index contributed by atoms with van der Waals surface area (Å²) in [5, 5.41) is 27.5. The average Bonchev–Trinajstić information content (AvgIpc) is 3.95. The van der Waals surface area contributed by atoms with E-state index in [1.54, 1.807) is 34.4 Å². The molecule has 2 aliphatic heterocycles. The van der Waals surface area contributed by atoms with E-state index < -0.39 is 12.0 Å². The van der Waals surface area contributed by atoms with Crippen molar-refractivity contribution in [2.45, 2.75) is 64.5 Å². The number of hydrogen-bond donors (Lipinski definition) is 3. The number of likely N-dealkylation sites (tertiary alicyclic amines) is 2. The number of fused-ring (bicyclic) bond motifs is 2. The first-order chi connectivity index (χ1) is 28.1. The predicted octanol–water partition coefficient (Wildman–Crippen LogP) is 7.08. The zero-order valence-electron chi connectivity index (χ0n) is 33.1. The molecule has 6 heterocycles. The standard InChI is InChI=1S/C44H48N8O5S/c1-24(2)39(44(55)52-15-7-9-35(52)43(54)47-25(3)27-11-13-28(14-12-27)41-26(4)46-23-58-41)37-19-38(50-57-37)56-17-16-51-21-32-33(22-51)40(32)31-20-45-42-30(31)18-34(48-49-42)29-8-5-6-10-36(29)53/h5-6,8,10-14,18-20,23-25,32-33,35,39-40,53H,7,9,15-17,21-22H2,1-4H3,(H,45,49)(H,47,54)/t25-,32-,33+,35-,39+,40?/m0/s1. The molecule has 9 rings (SSSR count). The third-order valence-electron chi connectivity index (χ3n) is 12.3. The number of carbonyl (C=O) groups excluding carboxylic acids is 2. The summed E-state index contributed by atoms with van der Waals surface area (Å²) in [5.74, 6) is 1.62. The van der Waals surface area contributed by atoms with Crippen LogP contribution in [0.4, 0.5) is 0 Å². The molecule has 300 valence electrons. The van der Waals surface area contributed by atoms with Gasteiger partial charge in [0, 0.05) is 49.4 Å². The van der Waals surface area contributed by atoms with Gasteiger partial charge in [0.15, 0.2) is 11.4 Å². The molecule has 1 aliphatic carbocycles. The van der Waals surface area contributed by atoms with Gasteiger partial charge in [-0.15, -0.1) is 21.5 Å². The molecule has 2 aromatic carbocycles. The van der Waals surface area contributed by atoms with Crippen LogP contribution in [0.15, 0.2) is 76.9 Å². The molecule has 1 unspecified atom stereocenters. The van der Waals surface area contributed by atoms with Gasteiger partial charge in [-0.2, -0.15) is 0 Å². The van der Waals surface area contributed by atoms with Gasteiger partial charge in [-0.3, -0.25) is 14.5 Å². The number of thiazole rings is 1. The molecular formula is C44H48N8O5S. The van der Waals surface area contributed by atoms with Crippen LogP contribution in [0.1, 0.15) is 74.1 Å². The highest BCUT2D eigenvalue weighted by atomic mass is 32.1. The van der Waals surface area contributed by atoms with Gasteiger partial charge in [-0.25, -0.2) is 4.98 Å². The Bertz CT molecular complexity index is 2430. The van der Waals surface area contributed by atoms with Crippen LogP contribution in [-0.2, 0) is 9.59 Å². The minimum atomic E-state index is -0.592. The van der Waals surface area contributed by atoms with E-state index in [2.05, 4.69) is 53.9 Å². The van der Waals surface area contributed by atoms with Gasteiger partial charge in [0.2, 0.25) is 11.8 Å². The number of nitrogens with one attached hydrogen (secondary N) is 2. The fourth-order valence-electron chi connectivity index (χ4n) is 9.18. The molecule has 3 N–H and O–H groups in total. The molecule has 14 heteroatoms. The number of carbonyl (C=O) groups is 2. The monoisotopic (exact) mass is 800 g/mol. The Morgan fingerprint density at radius 1 is 1.07 bits per heavy atom. The summed E-state index contributed by atoms with van der Waals surface area (Å²) in [6.07, 6.45) is 3.43. The number of para-hydroxylation sites is 1. The maximum atomic E-state index is 14.1. The number of nitrogens with zero attached hydrogens (tertiary/aromatic N) is 6. The van der Waals surface area contributed by atoms with E-state index in [4.69, 9.17) is 9.26 Å². The molecule has 0 spiro atoms. The third-order valence-corrected chi connectivity index (χ3v) is 13.3. The highest BCUT2D eigenvalue weighted by Gasteiger charge is 2.56. The SMILES string of the molecule is Cc1ncsc1-c1ccc([C@H](C)NC(=O)[C@@H]2CCCN2C(=O)[C@@H](c2cc(OCCN3C[C@@H]4C(c5c[nH]c6nnc(-c7ccccc7O)cc56)[C@@H]4C3)no2)C(C)C)cc1. The number of ether oxygens (including phenoxy) is 1. The maximum Gasteiger partial charge on any atom is 0.254 e. The van der Waals surface area contributed by atoms with Gasteiger partial charge in [-0.1, -0.05) is 50.2 Å². The molecule has 3 fully saturated rings. The molecular weight excluding hydrogens is 753 g/mol. The number of aryl methyl sites for hydroxylation is 1. The van der Waals surface area contributed by atoms with Crippen molar-refractivity contribution in [3.63, 3.8) is 0 Å². The number of aromatic hydroxyl groups is 1. The van der Waals surface area contributed by atoms with Crippen LogP contribution in [0.5, 0.6) is 11.6 Å². The van der Waals surface area contributed by atoms with Gasteiger partial charge in [-0.05, 0) is 90.4 Å². The van der Waals surface area contributed by atoms with Crippen LogP contribution in [-0.4, -0.2) is 90.9 Å². The van der Waals surface area contributed by atoms with Crippen molar-refractivity contribution in [2.24, 2.45) is 17.8 Å². The number of H-pyrrole nitrogens is 1. The third kappa shape index (κ3) is 7.23. The number of benzene rings is 2. The normalized spacial score (nSPS) is 21.4. The van der Waals surface area contributed by atoms with Gasteiger partial charge in [0.1, 0.15) is 24.3 Å². The van der Waals surface area contributed by atoms with Crippen molar-refractivity contribution < 1.29 is 24.0 Å². The number of aromatic nitrogens is 5. The number of amides is 2. The van der Waals surface area contributed by atoms with Crippen molar-refractivity contribution in [3.05, 3.63) is 95.0 Å². The average molecular weight is 801 g/mol. The van der Waals surface area contributed by atoms with Gasteiger partial charge >= 0.3 is 0 Å². The van der Waals surface area contributed by atoms with E-state index in [-0.39, 0.29) is 29.5 Å². The van der Waals surface area contributed by atoms with E-state index in [0.29, 0.717) is 60.2 Å². The first kappa shape index (κ1) is 37.9. The Morgan fingerprint density at radius 3 is 2.60 bits per heavy atom. The number of phenols is 1. The summed E-state index contributed by atoms with van der Waals surface area (Å²) >= 11 is 1.61. The minimum absolute atomic E-state index is 0.0808. The first-order valence-corrected chi connectivity index (χ1v) is 21.1. The zero-order valence-corrected chi connectivity index (χ0v) is 33.9. The Labute approximate surface area is 340 Å². The molecule has 6 atom stereocenters. The Balaban J connectivity index is 0.772. The Morgan fingerprint density at radius 2 is 1.86 bits per heavy atom. The molecule has 2 amide bonds. The summed E-state index contributed by atoms with van der Waals surface area (Å²) in [6.45, 7) is 11.6. The zero-order chi connectivity index (χ0) is 40.1. The van der Waals surface area contributed by atoms with Crippen LogP contribution in [0.3, 0.4) is 0 Å². The smallest absolute Gasteiger partial charge is 0.254 e. The lowest BCUT2D eigenvalue weighted by Crippen LogP contribution is -2.48. The highest BCUT2D eigenvalue weighted by Crippen LogP contribution is 2.59. The summed E-state index contributed by atoms with van der Waals surface area (Å²) in [7, 11) is 0. The van der Waals surface area contributed by atoms with Crippen LogP contribution < -0.4 is 10.1 Å². The molecule has 0 bridgehead atoms. The maximum absolute atomic E-state index is 14.1. The van der Waals surface area contributed by atoms with Gasteiger partial charge in [0.25, 0.3) is 5.88 Å². The topological polar surface area (TPSA) is 163 Å². The molecule has 4 aromatic heterocycles. The lowest BCUT2D eigenvalue weighted by molar-refractivity contribution is -0.141. The van der Waals surface area contributed by atoms with E-state index in [9.17, 15) is 14.7 Å². The second kappa shape index (κ2) is 15.6. The van der Waals surface area contributed by atoms with Crippen LogP contribution in [0.25, 0.3) is 32.7 Å². The minimum Gasteiger partial charge on any atom is -0.507 e. The van der Waals surface area contributed by atoms with E-state index in [1.165, 1.54) is 5.56 Å². The molecule has 0 radical (unpaired) electrons. The number of phenolic OH excluding ortho intramolecular Hbond substituents is 1. The summed E-state index contributed by atoms with van der Waals surface area (Å²) < 4.78 is 11.8. The van der Waals surface area contributed by atoms with Crippen molar-refractivity contribution in [3.8, 4) is 33.3 Å². The quantitative estimate of drug-likeness (QED) is 0.110. The predicted molar refractivity (Wildman–Crippen MR) is 220 cm³/mol.